The summed E-state index contributed by atoms with van der Waals surface area (Å²) in [5, 5.41) is 11.3. The number of nitro groups is 1. The highest BCUT2D eigenvalue weighted by atomic mass is 16.6. The van der Waals surface area contributed by atoms with Crippen LogP contribution in [0, 0.1) is 22.0 Å². The Labute approximate surface area is 152 Å². The quantitative estimate of drug-likeness (QED) is 0.283. The number of ketones is 1. The fourth-order valence-electron chi connectivity index (χ4n) is 4.58. The van der Waals surface area contributed by atoms with Crippen LogP contribution in [0.25, 0.3) is 0 Å². The molecule has 0 aromatic rings. The molecule has 0 aromatic heterocycles. The second-order valence-electron chi connectivity index (χ2n) is 7.98. The van der Waals surface area contributed by atoms with Crippen LogP contribution >= 0.6 is 0 Å². The molecule has 1 aliphatic carbocycles. The second-order valence-corrected chi connectivity index (χ2v) is 7.98. The van der Waals surface area contributed by atoms with Gasteiger partial charge >= 0.3 is 0 Å². The van der Waals surface area contributed by atoms with Gasteiger partial charge in [-0.15, -0.1) is 0 Å². The normalized spacial score (nSPS) is 29.5. The number of hydrogen-bond donors (Lipinski definition) is 0. The first-order valence-corrected chi connectivity index (χ1v) is 10.4. The van der Waals surface area contributed by atoms with E-state index in [1.165, 1.54) is 12.8 Å². The van der Waals surface area contributed by atoms with Crippen LogP contribution < -0.4 is 0 Å². The molecule has 5 unspecified atom stereocenters. The molecule has 3 fully saturated rings. The lowest BCUT2D eigenvalue weighted by atomic mass is 9.71. The Morgan fingerprint density at radius 3 is 2.52 bits per heavy atom. The topological polar surface area (TPSA) is 69.4 Å². The van der Waals surface area contributed by atoms with Crippen LogP contribution in [0.4, 0.5) is 0 Å². The van der Waals surface area contributed by atoms with Crippen LogP contribution in [0.5, 0.6) is 0 Å². The monoisotopic (exact) mass is 353 g/mol. The van der Waals surface area contributed by atoms with E-state index in [-0.39, 0.29) is 22.9 Å². The summed E-state index contributed by atoms with van der Waals surface area (Å²) in [7, 11) is 0. The molecule has 0 N–H and O–H groups in total. The van der Waals surface area contributed by atoms with Crippen LogP contribution in [0.2, 0.25) is 0 Å². The number of unbranched alkanes of at least 4 members (excludes halogenated alkanes) is 4. The zero-order valence-corrected chi connectivity index (χ0v) is 16.0. The van der Waals surface area contributed by atoms with E-state index in [0.29, 0.717) is 31.1 Å². The number of rotatable bonds is 12. The smallest absolute Gasteiger partial charge is 0.213 e. The summed E-state index contributed by atoms with van der Waals surface area (Å²) in [6.45, 7) is 4.35. The number of nitrogens with zero attached hydrogens (tertiary/aromatic N) is 1. The van der Waals surface area contributed by atoms with Gasteiger partial charge in [-0.25, -0.2) is 0 Å². The lowest BCUT2D eigenvalue weighted by molar-refractivity contribution is -0.524. The number of fused-ring (bicyclic) bond motifs is 3. The molecule has 2 bridgehead atoms. The summed E-state index contributed by atoms with van der Waals surface area (Å²) < 4.78 is 6.05. The van der Waals surface area contributed by atoms with Crippen molar-refractivity contribution >= 4 is 5.78 Å². The van der Waals surface area contributed by atoms with Crippen molar-refractivity contribution in [1.82, 2.24) is 0 Å². The summed E-state index contributed by atoms with van der Waals surface area (Å²) in [4.78, 5) is 23.7. The molecule has 0 radical (unpaired) electrons. The van der Waals surface area contributed by atoms with Gasteiger partial charge in [0.1, 0.15) is 6.10 Å². The van der Waals surface area contributed by atoms with Crippen molar-refractivity contribution in [1.29, 1.82) is 0 Å². The average Bonchev–Trinajstić information content (AvgIpc) is 2.63. The van der Waals surface area contributed by atoms with Crippen LogP contribution in [-0.2, 0) is 9.53 Å². The third-order valence-corrected chi connectivity index (χ3v) is 6.21. The van der Waals surface area contributed by atoms with Gasteiger partial charge in [0.25, 0.3) is 0 Å². The molecule has 2 aliphatic heterocycles. The minimum absolute atomic E-state index is 0.0992. The Balaban J connectivity index is 1.74. The van der Waals surface area contributed by atoms with Crippen molar-refractivity contribution in [2.75, 3.05) is 0 Å². The molecule has 5 heteroatoms. The largest absolute Gasteiger partial charge is 0.367 e. The molecular formula is C20H35NO4. The third kappa shape index (κ3) is 5.77. The zero-order valence-electron chi connectivity index (χ0n) is 16.0. The number of ether oxygens (including phenoxy) is 1. The van der Waals surface area contributed by atoms with Gasteiger partial charge in [0.2, 0.25) is 6.04 Å². The number of carbonyl (C=O) groups is 1. The van der Waals surface area contributed by atoms with E-state index in [1.54, 1.807) is 0 Å². The van der Waals surface area contributed by atoms with Gasteiger partial charge in [0.05, 0.1) is 6.10 Å². The van der Waals surface area contributed by atoms with E-state index in [9.17, 15) is 14.9 Å². The van der Waals surface area contributed by atoms with Crippen molar-refractivity contribution in [2.24, 2.45) is 11.8 Å². The van der Waals surface area contributed by atoms with Gasteiger partial charge in [-0.1, -0.05) is 46.0 Å². The van der Waals surface area contributed by atoms with Gasteiger partial charge < -0.3 is 4.74 Å². The summed E-state index contributed by atoms with van der Waals surface area (Å²) in [5.41, 5.74) is 0. The maximum absolute atomic E-state index is 12.6. The molecule has 5 atom stereocenters. The molecule has 1 saturated carbocycles. The van der Waals surface area contributed by atoms with E-state index in [1.807, 2.05) is 0 Å². The zero-order chi connectivity index (χ0) is 18.2. The fourth-order valence-corrected chi connectivity index (χ4v) is 4.58. The molecule has 25 heavy (non-hydrogen) atoms. The third-order valence-electron chi connectivity index (χ3n) is 6.21. The minimum atomic E-state index is -0.574. The second kappa shape index (κ2) is 10.2. The number of hydrogen-bond acceptors (Lipinski definition) is 4. The first-order chi connectivity index (χ1) is 12.1. The molecule has 0 amide bonds. The van der Waals surface area contributed by atoms with Crippen LogP contribution in [-0.4, -0.2) is 29.0 Å². The van der Waals surface area contributed by atoms with E-state index >= 15 is 0 Å². The van der Waals surface area contributed by atoms with Crippen LogP contribution in [0.3, 0.4) is 0 Å². The standard InChI is InChI=1S/C20H35NO4/c1-3-5-6-7-8-9-17(21(23)24)11-12-18(22)20-16-10-13-19(25-20)15(4-2)14-16/h15-17,19-20H,3-14H2,1-2H3. The summed E-state index contributed by atoms with van der Waals surface area (Å²) >= 11 is 0. The van der Waals surface area contributed by atoms with Gasteiger partial charge in [0.15, 0.2) is 5.78 Å². The molecule has 2 heterocycles. The maximum atomic E-state index is 12.6. The fraction of sp³-hybridized carbons (Fsp3) is 0.950. The van der Waals surface area contributed by atoms with Crippen molar-refractivity contribution in [3.63, 3.8) is 0 Å². The van der Waals surface area contributed by atoms with E-state index < -0.39 is 6.04 Å². The van der Waals surface area contributed by atoms with Crippen molar-refractivity contribution in [3.8, 4) is 0 Å². The average molecular weight is 354 g/mol. The summed E-state index contributed by atoms with van der Waals surface area (Å²) in [6.07, 6.45) is 11.0. The molecular weight excluding hydrogens is 318 g/mol. The number of carbonyl (C=O) groups excluding carboxylic acids is 1. The highest BCUT2D eigenvalue weighted by molar-refractivity contribution is 5.83. The van der Waals surface area contributed by atoms with Crippen molar-refractivity contribution in [2.45, 2.75) is 109 Å². The van der Waals surface area contributed by atoms with E-state index in [0.717, 1.165) is 44.9 Å². The lowest BCUT2D eigenvalue weighted by Gasteiger charge is -2.46. The molecule has 2 saturated heterocycles. The maximum Gasteiger partial charge on any atom is 0.213 e. The predicted molar refractivity (Wildman–Crippen MR) is 98.2 cm³/mol. The highest BCUT2D eigenvalue weighted by Crippen LogP contribution is 2.43. The Kier molecular flexibility index (Phi) is 8.34. The van der Waals surface area contributed by atoms with Gasteiger partial charge in [-0.3, -0.25) is 14.9 Å². The van der Waals surface area contributed by atoms with Crippen LogP contribution in [0.1, 0.15) is 90.9 Å². The Bertz CT molecular complexity index is 439. The van der Waals surface area contributed by atoms with Gasteiger partial charge in [-0.05, 0) is 37.5 Å². The van der Waals surface area contributed by atoms with Crippen LogP contribution in [0.15, 0.2) is 0 Å². The molecule has 144 valence electrons. The molecule has 0 spiro atoms. The first-order valence-electron chi connectivity index (χ1n) is 10.4. The SMILES string of the molecule is CCCCCCCC(CCC(=O)C1OC2CCC1CC2CC)[N+](=O)[O-]. The Hall–Kier alpha value is -0.970. The molecule has 0 aromatic carbocycles. The Morgan fingerprint density at radius 1 is 1.16 bits per heavy atom. The van der Waals surface area contributed by atoms with Gasteiger partial charge in [0, 0.05) is 24.2 Å². The van der Waals surface area contributed by atoms with E-state index in [4.69, 9.17) is 4.74 Å². The summed E-state index contributed by atoms with van der Waals surface area (Å²) in [6, 6.07) is -0.574. The lowest BCUT2D eigenvalue weighted by Crippen LogP contribution is -2.49. The van der Waals surface area contributed by atoms with Gasteiger partial charge in [-0.2, -0.15) is 0 Å². The molecule has 3 rings (SSSR count). The molecule has 3 aliphatic rings. The molecule has 5 nitrogen and oxygen atoms in total. The minimum Gasteiger partial charge on any atom is -0.367 e. The Morgan fingerprint density at radius 2 is 1.92 bits per heavy atom. The summed E-state index contributed by atoms with van der Waals surface area (Å²) in [5.74, 6) is 1.03. The van der Waals surface area contributed by atoms with E-state index in [2.05, 4.69) is 13.8 Å². The first kappa shape index (κ1) is 20.3. The van der Waals surface area contributed by atoms with Crippen molar-refractivity contribution in [3.05, 3.63) is 10.1 Å². The highest BCUT2D eigenvalue weighted by Gasteiger charge is 2.44. The van der Waals surface area contributed by atoms with Crippen molar-refractivity contribution < 1.29 is 14.5 Å². The number of Topliss-reactive ketones (excluding diaryl/α,β-unsaturated/α-hetero) is 1. The predicted octanol–water partition coefficient (Wildman–Crippen LogP) is 4.94.